The number of carbonyl (C=O) groups excluding carboxylic acids is 1. The molecule has 0 saturated heterocycles. The summed E-state index contributed by atoms with van der Waals surface area (Å²) < 4.78 is 18.0. The number of ether oxygens (including phenoxy) is 3. The molecular formula is C21H23N3O6. The molecule has 30 heavy (non-hydrogen) atoms. The molecule has 1 heterocycles. The van der Waals surface area contributed by atoms with E-state index in [0.29, 0.717) is 22.9 Å². The van der Waals surface area contributed by atoms with Crippen LogP contribution in [0.15, 0.2) is 46.0 Å². The molecule has 0 radical (unpaired) electrons. The average molecular weight is 413 g/mol. The van der Waals surface area contributed by atoms with Gasteiger partial charge in [-0.15, -0.1) is 0 Å². The van der Waals surface area contributed by atoms with Crippen molar-refractivity contribution in [3.8, 4) is 17.2 Å². The Morgan fingerprint density at radius 2 is 1.57 bits per heavy atom. The van der Waals surface area contributed by atoms with E-state index in [0.717, 1.165) is 4.57 Å². The minimum absolute atomic E-state index is 0.169. The van der Waals surface area contributed by atoms with Crippen LogP contribution in [0.2, 0.25) is 0 Å². The average Bonchev–Trinajstić information content (AvgIpc) is 2.76. The third-order valence-corrected chi connectivity index (χ3v) is 4.72. The van der Waals surface area contributed by atoms with Crippen LogP contribution in [-0.4, -0.2) is 36.4 Å². The molecule has 0 saturated carbocycles. The quantitative estimate of drug-likeness (QED) is 0.634. The largest absolute Gasteiger partial charge is 0.497 e. The van der Waals surface area contributed by atoms with Gasteiger partial charge in [0.15, 0.2) is 11.5 Å². The maximum atomic E-state index is 12.9. The first-order valence-electron chi connectivity index (χ1n) is 9.26. The van der Waals surface area contributed by atoms with Crippen molar-refractivity contribution in [2.45, 2.75) is 20.0 Å². The summed E-state index contributed by atoms with van der Waals surface area (Å²) in [5.74, 6) is 0.950. The summed E-state index contributed by atoms with van der Waals surface area (Å²) in [4.78, 5) is 38.3. The van der Waals surface area contributed by atoms with E-state index in [9.17, 15) is 14.4 Å². The van der Waals surface area contributed by atoms with Gasteiger partial charge in [0.1, 0.15) is 12.3 Å². The summed E-state index contributed by atoms with van der Waals surface area (Å²) >= 11 is 0. The first kappa shape index (κ1) is 21.0. The van der Waals surface area contributed by atoms with Gasteiger partial charge in [-0.1, -0.05) is 0 Å². The summed E-state index contributed by atoms with van der Waals surface area (Å²) in [5, 5.41) is 3.00. The fourth-order valence-corrected chi connectivity index (χ4v) is 3.19. The van der Waals surface area contributed by atoms with Crippen molar-refractivity contribution >= 4 is 22.5 Å². The zero-order valence-corrected chi connectivity index (χ0v) is 17.2. The van der Waals surface area contributed by atoms with Crippen LogP contribution in [0, 0.1) is 0 Å². The molecule has 0 fully saturated rings. The van der Waals surface area contributed by atoms with Gasteiger partial charge in [0.2, 0.25) is 5.91 Å². The van der Waals surface area contributed by atoms with E-state index in [2.05, 4.69) is 5.32 Å². The maximum absolute atomic E-state index is 12.9. The van der Waals surface area contributed by atoms with Crippen LogP contribution < -0.4 is 30.8 Å². The van der Waals surface area contributed by atoms with Crippen molar-refractivity contribution in [1.29, 1.82) is 0 Å². The number of benzene rings is 2. The normalized spacial score (nSPS) is 10.7. The number of rotatable bonds is 7. The topological polar surface area (TPSA) is 101 Å². The van der Waals surface area contributed by atoms with E-state index in [1.54, 1.807) is 38.3 Å². The first-order chi connectivity index (χ1) is 14.4. The van der Waals surface area contributed by atoms with Gasteiger partial charge >= 0.3 is 5.69 Å². The zero-order valence-electron chi connectivity index (χ0n) is 17.2. The summed E-state index contributed by atoms with van der Waals surface area (Å²) in [6.45, 7) is 1.58. The maximum Gasteiger partial charge on any atom is 0.331 e. The SMILES string of the molecule is CCn1c(=O)c2cc(OC)c(OC)cc2n(CC(=O)Nc2ccc(OC)cc2)c1=O. The Morgan fingerprint density at radius 1 is 0.933 bits per heavy atom. The van der Waals surface area contributed by atoms with Gasteiger partial charge in [0, 0.05) is 18.3 Å². The molecule has 1 N–H and O–H groups in total. The van der Waals surface area contributed by atoms with Crippen LogP contribution >= 0.6 is 0 Å². The van der Waals surface area contributed by atoms with E-state index >= 15 is 0 Å². The van der Waals surface area contributed by atoms with Gasteiger partial charge in [-0.2, -0.15) is 0 Å². The number of aromatic nitrogens is 2. The van der Waals surface area contributed by atoms with Gasteiger partial charge in [-0.05, 0) is 37.3 Å². The molecular weight excluding hydrogens is 390 g/mol. The number of anilines is 1. The van der Waals surface area contributed by atoms with Gasteiger partial charge in [0.05, 0.1) is 32.2 Å². The molecule has 0 aliphatic rings. The van der Waals surface area contributed by atoms with E-state index in [-0.39, 0.29) is 24.0 Å². The highest BCUT2D eigenvalue weighted by atomic mass is 16.5. The van der Waals surface area contributed by atoms with Gasteiger partial charge in [-0.25, -0.2) is 4.79 Å². The van der Waals surface area contributed by atoms with Gasteiger partial charge in [-0.3, -0.25) is 18.7 Å². The molecule has 0 aliphatic heterocycles. The van der Waals surface area contributed by atoms with Crippen LogP contribution in [-0.2, 0) is 17.9 Å². The van der Waals surface area contributed by atoms with Crippen molar-refractivity contribution < 1.29 is 19.0 Å². The van der Waals surface area contributed by atoms with Crippen LogP contribution in [0.1, 0.15) is 6.92 Å². The van der Waals surface area contributed by atoms with Crippen molar-refractivity contribution in [3.63, 3.8) is 0 Å². The molecule has 158 valence electrons. The Morgan fingerprint density at radius 3 is 2.13 bits per heavy atom. The Balaban J connectivity index is 2.07. The standard InChI is InChI=1S/C21H23N3O6/c1-5-23-20(26)15-10-17(29-3)18(30-4)11-16(15)24(21(23)27)12-19(25)22-13-6-8-14(28-2)9-7-13/h6-11H,5,12H2,1-4H3,(H,22,25). The summed E-state index contributed by atoms with van der Waals surface area (Å²) in [7, 11) is 4.47. The molecule has 0 bridgehead atoms. The molecule has 9 nitrogen and oxygen atoms in total. The second kappa shape index (κ2) is 8.73. The predicted molar refractivity (Wildman–Crippen MR) is 113 cm³/mol. The van der Waals surface area contributed by atoms with E-state index < -0.39 is 17.2 Å². The molecule has 0 aliphatic carbocycles. The second-order valence-electron chi connectivity index (χ2n) is 6.42. The van der Waals surface area contributed by atoms with E-state index in [1.807, 2.05) is 0 Å². The Labute approximate surface area is 172 Å². The Kier molecular flexibility index (Phi) is 6.10. The van der Waals surface area contributed by atoms with Gasteiger partial charge in [0.25, 0.3) is 5.56 Å². The highest BCUT2D eigenvalue weighted by molar-refractivity contribution is 5.92. The molecule has 3 rings (SSSR count). The number of hydrogen-bond donors (Lipinski definition) is 1. The number of amides is 1. The van der Waals surface area contributed by atoms with Crippen molar-refractivity contribution in [2.75, 3.05) is 26.6 Å². The van der Waals surface area contributed by atoms with Gasteiger partial charge < -0.3 is 19.5 Å². The third kappa shape index (κ3) is 3.86. The molecule has 2 aromatic carbocycles. The monoisotopic (exact) mass is 413 g/mol. The van der Waals surface area contributed by atoms with Crippen LogP contribution in [0.25, 0.3) is 10.9 Å². The lowest BCUT2D eigenvalue weighted by atomic mass is 10.2. The van der Waals surface area contributed by atoms with E-state index in [1.165, 1.54) is 30.9 Å². The minimum atomic E-state index is -0.577. The summed E-state index contributed by atoms with van der Waals surface area (Å²) in [6.07, 6.45) is 0. The fraction of sp³-hybridized carbons (Fsp3) is 0.286. The number of nitrogens with zero attached hydrogens (tertiary/aromatic N) is 2. The lowest BCUT2D eigenvalue weighted by Gasteiger charge is -2.16. The Hall–Kier alpha value is -3.75. The lowest BCUT2D eigenvalue weighted by Crippen LogP contribution is -2.41. The van der Waals surface area contributed by atoms with Crippen LogP contribution in [0.4, 0.5) is 5.69 Å². The fourth-order valence-electron chi connectivity index (χ4n) is 3.19. The highest BCUT2D eigenvalue weighted by Crippen LogP contribution is 2.30. The summed E-state index contributed by atoms with van der Waals surface area (Å²) in [5.41, 5.74) is -0.184. The lowest BCUT2D eigenvalue weighted by molar-refractivity contribution is -0.116. The Bertz CT molecular complexity index is 1190. The highest BCUT2D eigenvalue weighted by Gasteiger charge is 2.18. The first-order valence-corrected chi connectivity index (χ1v) is 9.26. The molecule has 0 unspecified atom stereocenters. The number of hydrogen-bond acceptors (Lipinski definition) is 6. The molecule has 0 atom stereocenters. The summed E-state index contributed by atoms with van der Waals surface area (Å²) in [6, 6.07) is 9.85. The van der Waals surface area contributed by atoms with Crippen molar-refractivity contribution in [3.05, 3.63) is 57.2 Å². The minimum Gasteiger partial charge on any atom is -0.497 e. The van der Waals surface area contributed by atoms with Crippen molar-refractivity contribution in [1.82, 2.24) is 9.13 Å². The molecule has 9 heteroatoms. The van der Waals surface area contributed by atoms with E-state index in [4.69, 9.17) is 14.2 Å². The zero-order chi connectivity index (χ0) is 21.8. The molecule has 3 aromatic rings. The predicted octanol–water partition coefficient (Wildman–Crippen LogP) is 1.85. The number of nitrogens with one attached hydrogen (secondary N) is 1. The molecule has 1 amide bonds. The number of carbonyl (C=O) groups is 1. The van der Waals surface area contributed by atoms with Crippen LogP contribution in [0.5, 0.6) is 17.2 Å². The third-order valence-electron chi connectivity index (χ3n) is 4.72. The molecule has 1 aromatic heterocycles. The number of fused-ring (bicyclic) bond motifs is 1. The number of methoxy groups -OCH3 is 3. The molecule has 0 spiro atoms. The van der Waals surface area contributed by atoms with Crippen LogP contribution in [0.3, 0.4) is 0 Å². The second-order valence-corrected chi connectivity index (χ2v) is 6.42. The smallest absolute Gasteiger partial charge is 0.331 e. The van der Waals surface area contributed by atoms with Crippen molar-refractivity contribution in [2.24, 2.45) is 0 Å².